The molecule has 0 spiro atoms. The summed E-state index contributed by atoms with van der Waals surface area (Å²) in [7, 11) is -0.0752. The molecule has 0 aliphatic carbocycles. The van der Waals surface area contributed by atoms with Crippen LogP contribution in [0.5, 0.6) is 5.75 Å². The Morgan fingerprint density at radius 3 is 2.32 bits per heavy atom. The largest absolute Gasteiger partial charge is 0.497 e. The third kappa shape index (κ3) is 4.95. The molecule has 1 aliphatic rings. The smallest absolute Gasteiger partial charge is 0.243 e. The minimum Gasteiger partial charge on any atom is -0.497 e. The third-order valence-corrected chi connectivity index (χ3v) is 8.72. The molecule has 6 nitrogen and oxygen atoms in total. The zero-order valence-electron chi connectivity index (χ0n) is 20.2. The number of methoxy groups -OCH3 is 1. The van der Waals surface area contributed by atoms with E-state index in [9.17, 15) is 13.2 Å². The lowest BCUT2D eigenvalue weighted by atomic mass is 9.96. The normalized spacial score (nSPS) is 15.4. The van der Waals surface area contributed by atoms with Gasteiger partial charge in [-0.1, -0.05) is 24.3 Å². The molecule has 0 aromatic heterocycles. The molecule has 3 aromatic rings. The second-order valence-corrected chi connectivity index (χ2v) is 11.1. The Morgan fingerprint density at radius 2 is 1.65 bits per heavy atom. The minimum atomic E-state index is -3.55. The molecule has 34 heavy (non-hydrogen) atoms. The zero-order chi connectivity index (χ0) is 24.5. The van der Waals surface area contributed by atoms with Crippen LogP contribution in [0.15, 0.2) is 59.5 Å². The molecule has 0 bridgehead atoms. The van der Waals surface area contributed by atoms with Crippen molar-refractivity contribution in [2.45, 2.75) is 38.1 Å². The van der Waals surface area contributed by atoms with Crippen LogP contribution in [-0.2, 0) is 21.4 Å². The zero-order valence-corrected chi connectivity index (χ0v) is 21.1. The summed E-state index contributed by atoms with van der Waals surface area (Å²) in [6, 6.07) is 17.4. The first kappa shape index (κ1) is 24.2. The van der Waals surface area contributed by atoms with Crippen LogP contribution in [0.25, 0.3) is 10.8 Å². The Kier molecular flexibility index (Phi) is 6.96. The Balaban J connectivity index is 1.38. The molecule has 1 saturated heterocycles. The number of aryl methyl sites for hydroxylation is 2. The van der Waals surface area contributed by atoms with Crippen molar-refractivity contribution >= 4 is 26.7 Å². The minimum absolute atomic E-state index is 0.0676. The molecule has 4 rings (SSSR count). The van der Waals surface area contributed by atoms with Gasteiger partial charge < -0.3 is 9.64 Å². The number of benzene rings is 3. The van der Waals surface area contributed by atoms with E-state index in [-0.39, 0.29) is 11.8 Å². The van der Waals surface area contributed by atoms with E-state index in [1.54, 1.807) is 24.1 Å². The molecule has 1 heterocycles. The van der Waals surface area contributed by atoms with Crippen LogP contribution in [0, 0.1) is 19.8 Å². The van der Waals surface area contributed by atoms with E-state index < -0.39 is 10.0 Å². The lowest BCUT2D eigenvalue weighted by Gasteiger charge is -2.32. The third-order valence-electron chi connectivity index (χ3n) is 6.83. The van der Waals surface area contributed by atoms with Crippen LogP contribution in [0.2, 0.25) is 0 Å². The van der Waals surface area contributed by atoms with Gasteiger partial charge in [0.1, 0.15) is 5.75 Å². The predicted molar refractivity (Wildman–Crippen MR) is 134 cm³/mol. The van der Waals surface area contributed by atoms with Crippen molar-refractivity contribution in [3.05, 3.63) is 71.3 Å². The fraction of sp³-hybridized carbons (Fsp3) is 0.370. The standard InChI is InChI=1S/C27H32N2O4S/c1-19-5-10-26(15-20(19)2)34(31,32)29-13-11-22(12-14-29)27(30)28(3)18-21-6-7-24-17-25(33-4)9-8-23(24)16-21/h5-10,15-17,22H,11-14,18H2,1-4H3. The van der Waals surface area contributed by atoms with Crippen LogP contribution >= 0.6 is 0 Å². The van der Waals surface area contributed by atoms with Crippen LogP contribution in [0.3, 0.4) is 0 Å². The lowest BCUT2D eigenvalue weighted by Crippen LogP contribution is -2.43. The van der Waals surface area contributed by atoms with Gasteiger partial charge in [-0.2, -0.15) is 4.31 Å². The second-order valence-electron chi connectivity index (χ2n) is 9.17. The van der Waals surface area contributed by atoms with E-state index in [1.807, 2.05) is 57.3 Å². The van der Waals surface area contributed by atoms with E-state index in [4.69, 9.17) is 4.74 Å². The van der Waals surface area contributed by atoms with Crippen molar-refractivity contribution < 1.29 is 17.9 Å². The number of carbonyl (C=O) groups is 1. The Labute approximate surface area is 202 Å². The first-order chi connectivity index (χ1) is 16.2. The summed E-state index contributed by atoms with van der Waals surface area (Å²) >= 11 is 0. The molecular weight excluding hydrogens is 448 g/mol. The molecule has 180 valence electrons. The Morgan fingerprint density at radius 1 is 0.971 bits per heavy atom. The summed E-state index contributed by atoms with van der Waals surface area (Å²) < 4.78 is 32.9. The molecule has 3 aromatic carbocycles. The maximum absolute atomic E-state index is 13.1. The highest BCUT2D eigenvalue weighted by Gasteiger charge is 2.33. The van der Waals surface area contributed by atoms with Gasteiger partial charge in [0.15, 0.2) is 0 Å². The molecule has 7 heteroatoms. The number of carbonyl (C=O) groups excluding carboxylic acids is 1. The van der Waals surface area contributed by atoms with E-state index in [1.165, 1.54) is 4.31 Å². The first-order valence-electron chi connectivity index (χ1n) is 11.6. The maximum Gasteiger partial charge on any atom is 0.243 e. The topological polar surface area (TPSA) is 66.9 Å². The number of hydrogen-bond donors (Lipinski definition) is 0. The van der Waals surface area contributed by atoms with E-state index in [2.05, 4.69) is 6.07 Å². The number of amides is 1. The van der Waals surface area contributed by atoms with Gasteiger partial charge in [0, 0.05) is 32.6 Å². The van der Waals surface area contributed by atoms with Crippen molar-refractivity contribution in [1.82, 2.24) is 9.21 Å². The summed E-state index contributed by atoms with van der Waals surface area (Å²) in [5, 5.41) is 2.19. The van der Waals surface area contributed by atoms with Crippen molar-refractivity contribution in [2.24, 2.45) is 5.92 Å². The first-order valence-corrected chi connectivity index (χ1v) is 13.0. The fourth-order valence-electron chi connectivity index (χ4n) is 4.53. The predicted octanol–water partition coefficient (Wildman–Crippen LogP) is 4.52. The van der Waals surface area contributed by atoms with Gasteiger partial charge in [0.25, 0.3) is 0 Å². The summed E-state index contributed by atoms with van der Waals surface area (Å²) in [4.78, 5) is 15.2. The fourth-order valence-corrected chi connectivity index (χ4v) is 6.08. The molecule has 0 radical (unpaired) electrons. The highest BCUT2D eigenvalue weighted by molar-refractivity contribution is 7.89. The lowest BCUT2D eigenvalue weighted by molar-refractivity contribution is -0.135. The van der Waals surface area contributed by atoms with Crippen LogP contribution in [0.4, 0.5) is 0 Å². The van der Waals surface area contributed by atoms with E-state index >= 15 is 0 Å². The molecule has 1 fully saturated rings. The molecule has 0 N–H and O–H groups in total. The van der Waals surface area contributed by atoms with Gasteiger partial charge >= 0.3 is 0 Å². The van der Waals surface area contributed by atoms with Gasteiger partial charge in [-0.05, 0) is 84.5 Å². The van der Waals surface area contributed by atoms with Gasteiger partial charge in [0.2, 0.25) is 15.9 Å². The number of fused-ring (bicyclic) bond motifs is 1. The van der Waals surface area contributed by atoms with Gasteiger partial charge in [-0.25, -0.2) is 8.42 Å². The number of nitrogens with zero attached hydrogens (tertiary/aromatic N) is 2. The number of sulfonamides is 1. The van der Waals surface area contributed by atoms with Crippen molar-refractivity contribution in [1.29, 1.82) is 0 Å². The van der Waals surface area contributed by atoms with Crippen molar-refractivity contribution in [2.75, 3.05) is 27.2 Å². The molecule has 0 unspecified atom stereocenters. The van der Waals surface area contributed by atoms with Gasteiger partial charge in [0.05, 0.1) is 12.0 Å². The number of rotatable bonds is 6. The molecule has 1 aliphatic heterocycles. The van der Waals surface area contributed by atoms with Crippen molar-refractivity contribution in [3.8, 4) is 5.75 Å². The number of ether oxygens (including phenoxy) is 1. The number of hydrogen-bond acceptors (Lipinski definition) is 4. The van der Waals surface area contributed by atoms with Gasteiger partial charge in [-0.15, -0.1) is 0 Å². The average Bonchev–Trinajstić information content (AvgIpc) is 2.84. The van der Waals surface area contributed by atoms with E-state index in [0.717, 1.165) is 33.2 Å². The quantitative estimate of drug-likeness (QED) is 0.520. The summed E-state index contributed by atoms with van der Waals surface area (Å²) in [5.74, 6) is 0.720. The summed E-state index contributed by atoms with van der Waals surface area (Å²) in [5.41, 5.74) is 3.08. The SMILES string of the molecule is COc1ccc2cc(CN(C)C(=O)C3CCN(S(=O)(=O)c4ccc(C)c(C)c4)CC3)ccc2c1. The molecule has 0 atom stereocenters. The summed E-state index contributed by atoms with van der Waals surface area (Å²) in [6.45, 7) is 5.12. The Bertz CT molecular complexity index is 1310. The maximum atomic E-state index is 13.1. The molecule has 0 saturated carbocycles. The average molecular weight is 481 g/mol. The monoisotopic (exact) mass is 480 g/mol. The Hall–Kier alpha value is -2.90. The van der Waals surface area contributed by atoms with Crippen LogP contribution in [-0.4, -0.2) is 50.8 Å². The van der Waals surface area contributed by atoms with Crippen molar-refractivity contribution in [3.63, 3.8) is 0 Å². The number of piperidine rings is 1. The molecule has 1 amide bonds. The van der Waals surface area contributed by atoms with Crippen LogP contribution < -0.4 is 4.74 Å². The van der Waals surface area contributed by atoms with Crippen LogP contribution in [0.1, 0.15) is 29.5 Å². The van der Waals surface area contributed by atoms with Gasteiger partial charge in [-0.3, -0.25) is 4.79 Å². The molecular formula is C27H32N2O4S. The summed E-state index contributed by atoms with van der Waals surface area (Å²) in [6.07, 6.45) is 1.07. The second kappa shape index (κ2) is 9.76. The highest BCUT2D eigenvalue weighted by atomic mass is 32.2. The van der Waals surface area contributed by atoms with E-state index in [0.29, 0.717) is 37.4 Å². The highest BCUT2D eigenvalue weighted by Crippen LogP contribution is 2.27.